The van der Waals surface area contributed by atoms with E-state index >= 15 is 0 Å². The first-order chi connectivity index (χ1) is 17.9. The number of para-hydroxylation sites is 1. The molecule has 0 spiro atoms. The Morgan fingerprint density at radius 1 is 1.11 bits per heavy atom. The average molecular weight is 506 g/mol. The SMILES string of the molecule is CC[C@@H](C)c1ccc(-c2c(C)sc(NC(=O)c3cc(-c4ccc(C)o4)nc4ccccc34)c2C#N)cc1. The predicted molar refractivity (Wildman–Crippen MR) is 150 cm³/mol. The van der Waals surface area contributed by atoms with Gasteiger partial charge in [-0.25, -0.2) is 4.98 Å². The molecule has 37 heavy (non-hydrogen) atoms. The fraction of sp³-hybridized carbons (Fsp3) is 0.194. The van der Waals surface area contributed by atoms with Crippen LogP contribution < -0.4 is 5.32 Å². The molecule has 0 unspecified atom stereocenters. The van der Waals surface area contributed by atoms with Crippen molar-refractivity contribution >= 4 is 33.1 Å². The molecule has 1 amide bonds. The van der Waals surface area contributed by atoms with Crippen LogP contribution in [0.4, 0.5) is 5.00 Å². The second-order valence-corrected chi connectivity index (χ2v) is 10.4. The van der Waals surface area contributed by atoms with E-state index in [9.17, 15) is 10.1 Å². The number of anilines is 1. The van der Waals surface area contributed by atoms with Crippen LogP contribution in [0.3, 0.4) is 0 Å². The van der Waals surface area contributed by atoms with E-state index in [0.29, 0.717) is 39.0 Å². The lowest BCUT2D eigenvalue weighted by Crippen LogP contribution is -2.13. The number of hydrogen-bond donors (Lipinski definition) is 1. The Morgan fingerprint density at radius 3 is 2.54 bits per heavy atom. The number of hydrogen-bond acceptors (Lipinski definition) is 5. The van der Waals surface area contributed by atoms with Gasteiger partial charge in [-0.05, 0) is 61.6 Å². The van der Waals surface area contributed by atoms with Crippen molar-refractivity contribution in [3.05, 3.63) is 94.1 Å². The van der Waals surface area contributed by atoms with Gasteiger partial charge in [0, 0.05) is 15.8 Å². The second-order valence-electron chi connectivity index (χ2n) is 9.22. The van der Waals surface area contributed by atoms with Gasteiger partial charge >= 0.3 is 0 Å². The van der Waals surface area contributed by atoms with Crippen LogP contribution in [-0.2, 0) is 0 Å². The number of fused-ring (bicyclic) bond motifs is 1. The molecular weight excluding hydrogens is 478 g/mol. The fourth-order valence-electron chi connectivity index (χ4n) is 4.53. The van der Waals surface area contributed by atoms with E-state index in [0.717, 1.165) is 33.6 Å². The number of nitrogens with one attached hydrogen (secondary N) is 1. The Labute approximate surface area is 220 Å². The molecular formula is C31H27N3O2S. The first kappa shape index (κ1) is 24.5. The third kappa shape index (κ3) is 4.66. The number of thiophene rings is 1. The van der Waals surface area contributed by atoms with Crippen molar-refractivity contribution in [3.8, 4) is 28.7 Å². The largest absolute Gasteiger partial charge is 0.460 e. The van der Waals surface area contributed by atoms with Crippen molar-refractivity contribution in [2.24, 2.45) is 0 Å². The number of carbonyl (C=O) groups excluding carboxylic acids is 1. The van der Waals surface area contributed by atoms with Crippen LogP contribution in [0, 0.1) is 25.2 Å². The molecule has 5 nitrogen and oxygen atoms in total. The highest BCUT2D eigenvalue weighted by Gasteiger charge is 2.22. The van der Waals surface area contributed by atoms with Gasteiger partial charge in [-0.3, -0.25) is 4.79 Å². The number of benzene rings is 2. The van der Waals surface area contributed by atoms with Gasteiger partial charge in [-0.1, -0.05) is 56.3 Å². The lowest BCUT2D eigenvalue weighted by Gasteiger charge is -2.10. The minimum atomic E-state index is -0.292. The van der Waals surface area contributed by atoms with Gasteiger partial charge < -0.3 is 9.73 Å². The molecule has 0 bridgehead atoms. The summed E-state index contributed by atoms with van der Waals surface area (Å²) in [5, 5.41) is 14.4. The topological polar surface area (TPSA) is 78.9 Å². The molecule has 1 atom stereocenters. The summed E-state index contributed by atoms with van der Waals surface area (Å²) in [6, 6.07) is 23.7. The zero-order chi connectivity index (χ0) is 26.1. The first-order valence-corrected chi connectivity index (χ1v) is 13.1. The summed E-state index contributed by atoms with van der Waals surface area (Å²) >= 11 is 1.42. The Morgan fingerprint density at radius 2 is 1.86 bits per heavy atom. The Hall–Kier alpha value is -4.21. The zero-order valence-corrected chi connectivity index (χ0v) is 22.1. The summed E-state index contributed by atoms with van der Waals surface area (Å²) in [5.41, 5.74) is 5.35. The van der Waals surface area contributed by atoms with E-state index in [1.807, 2.05) is 50.2 Å². The summed E-state index contributed by atoms with van der Waals surface area (Å²) in [4.78, 5) is 19.3. The fourth-order valence-corrected chi connectivity index (χ4v) is 5.55. The predicted octanol–water partition coefficient (Wildman–Crippen LogP) is 8.48. The van der Waals surface area contributed by atoms with Crippen LogP contribution in [0.2, 0.25) is 0 Å². The van der Waals surface area contributed by atoms with Crippen LogP contribution in [0.1, 0.15) is 58.3 Å². The Bertz CT molecular complexity index is 1650. The van der Waals surface area contributed by atoms with E-state index in [-0.39, 0.29) is 5.91 Å². The van der Waals surface area contributed by atoms with Gasteiger partial charge in [0.1, 0.15) is 22.5 Å². The number of nitriles is 1. The maximum absolute atomic E-state index is 13.6. The standard InChI is InChI=1S/C31H27N3O2S/c1-5-18(2)21-11-13-22(14-12-21)29-20(4)37-31(25(29)17-32)34-30(35)24-16-27(28-15-10-19(3)36-28)33-26-9-7-6-8-23(24)26/h6-16,18H,5H2,1-4H3,(H,34,35)/t18-/m1/s1. The van der Waals surface area contributed by atoms with Crippen molar-refractivity contribution in [1.82, 2.24) is 4.98 Å². The number of aromatic nitrogens is 1. The van der Waals surface area contributed by atoms with Crippen LogP contribution in [0.5, 0.6) is 0 Å². The summed E-state index contributed by atoms with van der Waals surface area (Å²) in [6.07, 6.45) is 1.07. The Balaban J connectivity index is 1.53. The third-order valence-electron chi connectivity index (χ3n) is 6.76. The maximum Gasteiger partial charge on any atom is 0.257 e. The van der Waals surface area contributed by atoms with E-state index in [2.05, 4.69) is 49.5 Å². The molecule has 0 radical (unpaired) electrons. The molecule has 0 aliphatic heterocycles. The number of pyridine rings is 1. The number of carbonyl (C=O) groups is 1. The van der Waals surface area contributed by atoms with E-state index in [1.54, 1.807) is 6.07 Å². The molecule has 0 saturated heterocycles. The smallest absolute Gasteiger partial charge is 0.257 e. The van der Waals surface area contributed by atoms with E-state index in [1.165, 1.54) is 16.9 Å². The molecule has 0 saturated carbocycles. The molecule has 5 aromatic rings. The third-order valence-corrected chi connectivity index (χ3v) is 7.78. The molecule has 0 aliphatic carbocycles. The number of amides is 1. The number of nitrogens with zero attached hydrogens (tertiary/aromatic N) is 2. The van der Waals surface area contributed by atoms with Gasteiger partial charge in [-0.15, -0.1) is 11.3 Å². The first-order valence-electron chi connectivity index (χ1n) is 12.3. The summed E-state index contributed by atoms with van der Waals surface area (Å²) in [7, 11) is 0. The van der Waals surface area contributed by atoms with Crippen LogP contribution >= 0.6 is 11.3 Å². The summed E-state index contributed by atoms with van der Waals surface area (Å²) in [6.45, 7) is 8.24. The summed E-state index contributed by atoms with van der Waals surface area (Å²) in [5.74, 6) is 1.56. The van der Waals surface area contributed by atoms with Crippen LogP contribution in [0.25, 0.3) is 33.5 Å². The average Bonchev–Trinajstić information content (AvgIpc) is 3.49. The number of rotatable bonds is 6. The minimum absolute atomic E-state index is 0.292. The van der Waals surface area contributed by atoms with Crippen molar-refractivity contribution in [2.45, 2.75) is 40.0 Å². The van der Waals surface area contributed by atoms with Gasteiger partial charge in [0.05, 0.1) is 16.6 Å². The maximum atomic E-state index is 13.6. The highest BCUT2D eigenvalue weighted by molar-refractivity contribution is 7.17. The lowest BCUT2D eigenvalue weighted by atomic mass is 9.95. The lowest BCUT2D eigenvalue weighted by molar-refractivity contribution is 0.102. The highest BCUT2D eigenvalue weighted by atomic mass is 32.1. The molecule has 3 heterocycles. The van der Waals surface area contributed by atoms with Crippen molar-refractivity contribution in [1.29, 1.82) is 5.26 Å². The molecule has 184 valence electrons. The Kier molecular flexibility index (Phi) is 6.64. The van der Waals surface area contributed by atoms with E-state index < -0.39 is 0 Å². The molecule has 6 heteroatoms. The number of aryl methyl sites for hydroxylation is 2. The van der Waals surface area contributed by atoms with Gasteiger partial charge in [0.2, 0.25) is 0 Å². The van der Waals surface area contributed by atoms with Crippen molar-refractivity contribution in [2.75, 3.05) is 5.32 Å². The van der Waals surface area contributed by atoms with Crippen LogP contribution in [0.15, 0.2) is 71.1 Å². The molecule has 2 aromatic carbocycles. The molecule has 0 aliphatic rings. The minimum Gasteiger partial charge on any atom is -0.460 e. The van der Waals surface area contributed by atoms with Crippen LogP contribution in [-0.4, -0.2) is 10.9 Å². The summed E-state index contributed by atoms with van der Waals surface area (Å²) < 4.78 is 5.77. The molecule has 1 N–H and O–H groups in total. The quantitative estimate of drug-likeness (QED) is 0.251. The van der Waals surface area contributed by atoms with Gasteiger partial charge in [-0.2, -0.15) is 5.26 Å². The second kappa shape index (κ2) is 10.0. The highest BCUT2D eigenvalue weighted by Crippen LogP contribution is 2.40. The van der Waals surface area contributed by atoms with Gasteiger partial charge in [0.15, 0.2) is 5.76 Å². The molecule has 5 rings (SSSR count). The van der Waals surface area contributed by atoms with Crippen molar-refractivity contribution < 1.29 is 9.21 Å². The zero-order valence-electron chi connectivity index (χ0n) is 21.3. The number of furan rings is 1. The van der Waals surface area contributed by atoms with Crippen molar-refractivity contribution in [3.63, 3.8) is 0 Å². The van der Waals surface area contributed by atoms with E-state index in [4.69, 9.17) is 9.40 Å². The van der Waals surface area contributed by atoms with Gasteiger partial charge in [0.25, 0.3) is 5.91 Å². The monoisotopic (exact) mass is 505 g/mol. The normalized spacial score (nSPS) is 11.9. The molecule has 0 fully saturated rings. The molecule has 3 aromatic heterocycles.